The average molecular weight is 360 g/mol. The summed E-state index contributed by atoms with van der Waals surface area (Å²) in [5, 5.41) is 3.45. The summed E-state index contributed by atoms with van der Waals surface area (Å²) in [6.07, 6.45) is -3.21. The van der Waals surface area contributed by atoms with E-state index in [0.29, 0.717) is 16.6 Å². The number of hydrogen-bond acceptors (Lipinski definition) is 2. The van der Waals surface area contributed by atoms with Crippen molar-refractivity contribution in [1.29, 1.82) is 0 Å². The summed E-state index contributed by atoms with van der Waals surface area (Å²) in [7, 11) is 0. The smallest absolute Gasteiger partial charge is 0.406 e. The molecule has 0 bridgehead atoms. The number of H-pyrrole nitrogens is 1. The molecule has 2 aromatic carbocycles. The summed E-state index contributed by atoms with van der Waals surface area (Å²) in [5.41, 5.74) is 3.33. The molecule has 0 unspecified atom stereocenters. The molecule has 3 aromatic rings. The van der Waals surface area contributed by atoms with Crippen LogP contribution in [0.2, 0.25) is 0 Å². The summed E-state index contributed by atoms with van der Waals surface area (Å²) in [5.74, 6) is -0.598. The van der Waals surface area contributed by atoms with Gasteiger partial charge in [0.25, 0.3) is 5.91 Å². The quantitative estimate of drug-likeness (QED) is 0.743. The Kier molecular flexibility index (Phi) is 3.86. The van der Waals surface area contributed by atoms with E-state index in [1.165, 1.54) is 35.4 Å². The number of carbonyl (C=O) groups is 1. The lowest BCUT2D eigenvalue weighted by molar-refractivity contribution is -0.274. The first-order chi connectivity index (χ1) is 12.4. The van der Waals surface area contributed by atoms with E-state index in [0.717, 1.165) is 12.8 Å². The fourth-order valence-corrected chi connectivity index (χ4v) is 3.35. The van der Waals surface area contributed by atoms with E-state index in [1.54, 1.807) is 0 Å². The van der Waals surface area contributed by atoms with Crippen molar-refractivity contribution >= 4 is 16.8 Å². The van der Waals surface area contributed by atoms with E-state index in [-0.39, 0.29) is 17.7 Å². The van der Waals surface area contributed by atoms with Crippen LogP contribution >= 0.6 is 0 Å². The molecule has 1 amide bonds. The number of hydrogen-bond donors (Lipinski definition) is 2. The van der Waals surface area contributed by atoms with Crippen LogP contribution in [0.25, 0.3) is 10.9 Å². The number of aromatic nitrogens is 1. The van der Waals surface area contributed by atoms with Crippen molar-refractivity contribution in [3.63, 3.8) is 0 Å². The van der Waals surface area contributed by atoms with E-state index in [1.807, 2.05) is 24.3 Å². The molecule has 2 N–H and O–H groups in total. The second kappa shape index (κ2) is 6.09. The van der Waals surface area contributed by atoms with E-state index < -0.39 is 6.36 Å². The molecule has 26 heavy (non-hydrogen) atoms. The van der Waals surface area contributed by atoms with Crippen LogP contribution in [-0.2, 0) is 12.8 Å². The van der Waals surface area contributed by atoms with Gasteiger partial charge in [-0.2, -0.15) is 0 Å². The Morgan fingerprint density at radius 2 is 1.77 bits per heavy atom. The second-order valence-corrected chi connectivity index (χ2v) is 6.33. The van der Waals surface area contributed by atoms with Gasteiger partial charge in [-0.25, -0.2) is 0 Å². The number of fused-ring (bicyclic) bond motifs is 2. The molecule has 0 saturated heterocycles. The molecule has 7 heteroatoms. The maximum atomic E-state index is 12.5. The minimum absolute atomic E-state index is 0.00966. The van der Waals surface area contributed by atoms with Gasteiger partial charge in [0.2, 0.25) is 0 Å². The number of rotatable bonds is 3. The molecule has 0 spiro atoms. The van der Waals surface area contributed by atoms with Gasteiger partial charge >= 0.3 is 6.36 Å². The fraction of sp³-hybridized carbons (Fsp3) is 0.211. The highest BCUT2D eigenvalue weighted by molar-refractivity contribution is 5.98. The Labute approximate surface area is 147 Å². The number of aromatic amines is 1. The van der Waals surface area contributed by atoms with E-state index in [9.17, 15) is 18.0 Å². The van der Waals surface area contributed by atoms with Gasteiger partial charge in [0.1, 0.15) is 11.4 Å². The van der Waals surface area contributed by atoms with Crippen LogP contribution in [0.1, 0.15) is 21.6 Å². The Balaban J connectivity index is 1.49. The minimum atomic E-state index is -4.75. The van der Waals surface area contributed by atoms with Crippen LogP contribution in [0.3, 0.4) is 0 Å². The van der Waals surface area contributed by atoms with Gasteiger partial charge in [0.05, 0.1) is 0 Å². The van der Waals surface area contributed by atoms with Gasteiger partial charge in [-0.3, -0.25) is 4.79 Å². The molecule has 134 valence electrons. The molecular weight excluding hydrogens is 345 g/mol. The third-order valence-corrected chi connectivity index (χ3v) is 4.46. The lowest BCUT2D eigenvalue weighted by Gasteiger charge is -2.10. The zero-order valence-electron chi connectivity index (χ0n) is 13.6. The topological polar surface area (TPSA) is 54.1 Å². The molecule has 1 aliphatic rings. The van der Waals surface area contributed by atoms with Gasteiger partial charge in [-0.1, -0.05) is 24.3 Å². The molecular formula is C19H15F3N2O2. The predicted molar refractivity (Wildman–Crippen MR) is 90.1 cm³/mol. The molecule has 0 aliphatic heterocycles. The van der Waals surface area contributed by atoms with Gasteiger partial charge in [0.15, 0.2) is 0 Å². The van der Waals surface area contributed by atoms with Crippen LogP contribution < -0.4 is 10.1 Å². The summed E-state index contributed by atoms with van der Waals surface area (Å²) >= 11 is 0. The van der Waals surface area contributed by atoms with Crippen molar-refractivity contribution in [2.75, 3.05) is 0 Å². The summed E-state index contributed by atoms with van der Waals surface area (Å²) in [4.78, 5) is 15.4. The fourth-order valence-electron chi connectivity index (χ4n) is 3.35. The molecule has 0 atom stereocenters. The molecule has 1 heterocycles. The molecule has 0 saturated carbocycles. The monoisotopic (exact) mass is 360 g/mol. The number of carbonyl (C=O) groups excluding carboxylic acids is 1. The number of nitrogens with one attached hydrogen (secondary N) is 2. The van der Waals surface area contributed by atoms with Crippen molar-refractivity contribution < 1.29 is 22.7 Å². The van der Waals surface area contributed by atoms with E-state index in [4.69, 9.17) is 0 Å². The number of alkyl halides is 3. The van der Waals surface area contributed by atoms with Crippen molar-refractivity contribution in [2.45, 2.75) is 25.2 Å². The molecule has 4 nitrogen and oxygen atoms in total. The third-order valence-electron chi connectivity index (χ3n) is 4.46. The third kappa shape index (κ3) is 3.37. The van der Waals surface area contributed by atoms with E-state index >= 15 is 0 Å². The lowest BCUT2D eigenvalue weighted by Crippen LogP contribution is -2.35. The maximum absolute atomic E-state index is 12.5. The maximum Gasteiger partial charge on any atom is 0.573 e. The van der Waals surface area contributed by atoms with Gasteiger partial charge in [-0.15, -0.1) is 13.2 Å². The minimum Gasteiger partial charge on any atom is -0.406 e. The number of ether oxygens (including phenoxy) is 1. The molecule has 0 radical (unpaired) electrons. The van der Waals surface area contributed by atoms with E-state index in [2.05, 4.69) is 15.0 Å². The van der Waals surface area contributed by atoms with Gasteiger partial charge < -0.3 is 15.0 Å². The summed E-state index contributed by atoms with van der Waals surface area (Å²) < 4.78 is 40.9. The van der Waals surface area contributed by atoms with Gasteiger partial charge in [-0.05, 0) is 48.2 Å². The van der Waals surface area contributed by atoms with Crippen molar-refractivity contribution in [2.24, 2.45) is 0 Å². The Morgan fingerprint density at radius 1 is 1.08 bits per heavy atom. The Bertz CT molecular complexity index is 953. The average Bonchev–Trinajstić information content (AvgIpc) is 3.15. The highest BCUT2D eigenvalue weighted by Crippen LogP contribution is 2.27. The van der Waals surface area contributed by atoms with Crippen LogP contribution in [-0.4, -0.2) is 23.3 Å². The van der Waals surface area contributed by atoms with Crippen molar-refractivity contribution in [3.8, 4) is 5.75 Å². The zero-order valence-corrected chi connectivity index (χ0v) is 13.6. The Hall–Kier alpha value is -2.96. The standard InChI is InChI=1S/C19H15F3N2O2/c20-19(21,22)26-15-5-6-16-13(9-15)10-17(24-16)18(25)23-14-7-11-3-1-2-4-12(11)8-14/h1-6,9-10,14,24H,7-8H2,(H,23,25). The SMILES string of the molecule is O=C(NC1Cc2ccccc2C1)c1cc2cc(OC(F)(F)F)ccc2[nH]1. The molecule has 1 aliphatic carbocycles. The van der Waals surface area contributed by atoms with Crippen LogP contribution in [0.4, 0.5) is 13.2 Å². The van der Waals surface area contributed by atoms with Crippen LogP contribution in [0, 0.1) is 0 Å². The first kappa shape index (κ1) is 16.5. The zero-order chi connectivity index (χ0) is 18.3. The predicted octanol–water partition coefficient (Wildman–Crippen LogP) is 3.96. The molecule has 0 fully saturated rings. The summed E-state index contributed by atoms with van der Waals surface area (Å²) in [6.45, 7) is 0. The highest BCUT2D eigenvalue weighted by Gasteiger charge is 2.31. The largest absolute Gasteiger partial charge is 0.573 e. The first-order valence-corrected chi connectivity index (χ1v) is 8.13. The van der Waals surface area contributed by atoms with Crippen molar-refractivity contribution in [1.82, 2.24) is 10.3 Å². The van der Waals surface area contributed by atoms with Crippen LogP contribution in [0.15, 0.2) is 48.5 Å². The lowest BCUT2D eigenvalue weighted by atomic mass is 10.1. The molecule has 1 aromatic heterocycles. The van der Waals surface area contributed by atoms with Gasteiger partial charge in [0, 0.05) is 16.9 Å². The normalized spacial score (nSPS) is 14.4. The van der Waals surface area contributed by atoms with Crippen molar-refractivity contribution in [3.05, 3.63) is 65.4 Å². The first-order valence-electron chi connectivity index (χ1n) is 8.13. The summed E-state index contributed by atoms with van der Waals surface area (Å²) in [6, 6.07) is 13.5. The number of halogens is 3. The highest BCUT2D eigenvalue weighted by atomic mass is 19.4. The number of amides is 1. The second-order valence-electron chi connectivity index (χ2n) is 6.33. The van der Waals surface area contributed by atoms with Crippen LogP contribution in [0.5, 0.6) is 5.75 Å². The number of benzene rings is 2. The Morgan fingerprint density at radius 3 is 2.42 bits per heavy atom. The molecule has 4 rings (SSSR count).